The SMILES string of the molecule is CC(C)(CO)NC(=O)c1cc(B(O)O)ccc1[N+](=O)[O-]. The summed E-state index contributed by atoms with van der Waals surface area (Å²) < 4.78 is 0. The Morgan fingerprint density at radius 2 is 2.05 bits per heavy atom. The molecule has 0 bridgehead atoms. The van der Waals surface area contributed by atoms with E-state index in [0.29, 0.717) is 0 Å². The highest BCUT2D eigenvalue weighted by Crippen LogP contribution is 2.17. The molecule has 0 aliphatic rings. The molecule has 0 aliphatic carbocycles. The van der Waals surface area contributed by atoms with Gasteiger partial charge in [-0.2, -0.15) is 0 Å². The molecule has 0 unspecified atom stereocenters. The number of aliphatic hydroxyl groups excluding tert-OH is 1. The van der Waals surface area contributed by atoms with Crippen LogP contribution in [0.5, 0.6) is 0 Å². The minimum absolute atomic E-state index is 0.0393. The quantitative estimate of drug-likeness (QED) is 0.304. The number of aliphatic hydroxyl groups is 1. The molecular weight excluding hydrogens is 267 g/mol. The lowest BCUT2D eigenvalue weighted by Gasteiger charge is -2.23. The molecule has 0 aliphatic heterocycles. The Kier molecular flexibility index (Phi) is 4.82. The molecule has 8 nitrogen and oxygen atoms in total. The molecule has 0 spiro atoms. The smallest absolute Gasteiger partial charge is 0.423 e. The second-order valence-corrected chi connectivity index (χ2v) is 4.90. The maximum absolute atomic E-state index is 12.0. The number of rotatable bonds is 5. The van der Waals surface area contributed by atoms with E-state index in [4.69, 9.17) is 15.2 Å². The fourth-order valence-corrected chi connectivity index (χ4v) is 1.47. The average Bonchev–Trinajstić information content (AvgIpc) is 2.37. The lowest BCUT2D eigenvalue weighted by atomic mass is 9.79. The molecule has 1 aromatic rings. The maximum atomic E-state index is 12.0. The van der Waals surface area contributed by atoms with Crippen LogP contribution >= 0.6 is 0 Å². The third kappa shape index (κ3) is 3.76. The summed E-state index contributed by atoms with van der Waals surface area (Å²) in [6.45, 7) is 2.73. The predicted octanol–water partition coefficient (Wildman–Crippen LogP) is -1.22. The Labute approximate surface area is 115 Å². The monoisotopic (exact) mass is 282 g/mol. The van der Waals surface area contributed by atoms with Gasteiger partial charge in [-0.3, -0.25) is 14.9 Å². The molecule has 108 valence electrons. The van der Waals surface area contributed by atoms with Crippen LogP contribution in [-0.4, -0.2) is 45.2 Å². The van der Waals surface area contributed by atoms with Crippen molar-refractivity contribution < 1.29 is 24.9 Å². The molecule has 1 aromatic carbocycles. The number of amides is 1. The second-order valence-electron chi connectivity index (χ2n) is 4.90. The average molecular weight is 282 g/mol. The van der Waals surface area contributed by atoms with Crippen LogP contribution in [0.15, 0.2) is 18.2 Å². The van der Waals surface area contributed by atoms with Crippen molar-refractivity contribution in [1.29, 1.82) is 0 Å². The molecule has 0 saturated carbocycles. The number of nitrogens with zero attached hydrogens (tertiary/aromatic N) is 1. The Morgan fingerprint density at radius 1 is 1.45 bits per heavy atom. The summed E-state index contributed by atoms with van der Waals surface area (Å²) in [6, 6.07) is 3.21. The van der Waals surface area contributed by atoms with Gasteiger partial charge in [0.25, 0.3) is 11.6 Å². The van der Waals surface area contributed by atoms with Crippen LogP contribution in [0.3, 0.4) is 0 Å². The van der Waals surface area contributed by atoms with Crippen molar-refractivity contribution in [3.63, 3.8) is 0 Å². The van der Waals surface area contributed by atoms with E-state index >= 15 is 0 Å². The van der Waals surface area contributed by atoms with Gasteiger partial charge in [0.1, 0.15) is 5.56 Å². The molecule has 1 rings (SSSR count). The highest BCUT2D eigenvalue weighted by atomic mass is 16.6. The molecule has 0 atom stereocenters. The van der Waals surface area contributed by atoms with Gasteiger partial charge in [0.2, 0.25) is 0 Å². The van der Waals surface area contributed by atoms with Crippen LogP contribution in [0.2, 0.25) is 0 Å². The van der Waals surface area contributed by atoms with E-state index in [1.165, 1.54) is 0 Å². The minimum Gasteiger partial charge on any atom is -0.423 e. The number of nitro benzene ring substituents is 1. The summed E-state index contributed by atoms with van der Waals surface area (Å²) in [4.78, 5) is 22.2. The Morgan fingerprint density at radius 3 is 2.50 bits per heavy atom. The molecule has 0 saturated heterocycles. The summed E-state index contributed by atoms with van der Waals surface area (Å²) in [6.07, 6.45) is 0. The zero-order valence-corrected chi connectivity index (χ0v) is 11.0. The van der Waals surface area contributed by atoms with Crippen LogP contribution in [0.25, 0.3) is 0 Å². The van der Waals surface area contributed by atoms with Gasteiger partial charge in [-0.05, 0) is 25.4 Å². The molecule has 9 heteroatoms. The molecule has 0 radical (unpaired) electrons. The highest BCUT2D eigenvalue weighted by molar-refractivity contribution is 6.58. The van der Waals surface area contributed by atoms with Gasteiger partial charge in [-0.15, -0.1) is 0 Å². The summed E-state index contributed by atoms with van der Waals surface area (Å²) in [5, 5.41) is 40.5. The van der Waals surface area contributed by atoms with E-state index in [2.05, 4.69) is 5.32 Å². The number of carbonyl (C=O) groups is 1. The second kappa shape index (κ2) is 5.99. The number of carbonyl (C=O) groups excluding carboxylic acids is 1. The van der Waals surface area contributed by atoms with E-state index in [-0.39, 0.29) is 17.6 Å². The molecule has 20 heavy (non-hydrogen) atoms. The fraction of sp³-hybridized carbons (Fsp3) is 0.364. The van der Waals surface area contributed by atoms with E-state index in [0.717, 1.165) is 18.2 Å². The van der Waals surface area contributed by atoms with Crippen LogP contribution in [0.4, 0.5) is 5.69 Å². The fourth-order valence-electron chi connectivity index (χ4n) is 1.47. The molecule has 1 amide bonds. The van der Waals surface area contributed by atoms with Gasteiger partial charge >= 0.3 is 7.12 Å². The Bertz CT molecular complexity index is 532. The first kappa shape index (κ1) is 16.1. The van der Waals surface area contributed by atoms with Crippen molar-refractivity contribution in [1.82, 2.24) is 5.32 Å². The molecular formula is C11H15BN2O6. The molecule has 0 fully saturated rings. The summed E-state index contributed by atoms with van der Waals surface area (Å²) in [7, 11) is -1.84. The Hall–Kier alpha value is -1.97. The van der Waals surface area contributed by atoms with Crippen LogP contribution in [0.1, 0.15) is 24.2 Å². The van der Waals surface area contributed by atoms with E-state index in [9.17, 15) is 14.9 Å². The van der Waals surface area contributed by atoms with Gasteiger partial charge in [0.15, 0.2) is 0 Å². The van der Waals surface area contributed by atoms with Crippen molar-refractivity contribution >= 4 is 24.2 Å². The third-order valence-electron chi connectivity index (χ3n) is 2.61. The number of hydrogen-bond donors (Lipinski definition) is 4. The summed E-state index contributed by atoms with van der Waals surface area (Å²) >= 11 is 0. The first-order valence-corrected chi connectivity index (χ1v) is 5.76. The van der Waals surface area contributed by atoms with Crippen molar-refractivity contribution in [2.75, 3.05) is 6.61 Å². The normalized spacial score (nSPS) is 11.1. The maximum Gasteiger partial charge on any atom is 0.488 e. The third-order valence-corrected chi connectivity index (χ3v) is 2.61. The number of hydrogen-bond acceptors (Lipinski definition) is 6. The number of nitro groups is 1. The first-order valence-electron chi connectivity index (χ1n) is 5.76. The van der Waals surface area contributed by atoms with Gasteiger partial charge in [0.05, 0.1) is 17.1 Å². The molecule has 0 heterocycles. The van der Waals surface area contributed by atoms with Crippen molar-refractivity contribution in [2.45, 2.75) is 19.4 Å². The Balaban J connectivity index is 3.22. The first-order chi connectivity index (χ1) is 9.18. The topological polar surface area (TPSA) is 133 Å². The standard InChI is InChI=1S/C11H15BN2O6/c1-11(2,6-15)13-10(16)8-5-7(12(17)18)3-4-9(8)14(19)20/h3-5,15,17-18H,6H2,1-2H3,(H,13,16). The zero-order valence-electron chi connectivity index (χ0n) is 11.0. The lowest BCUT2D eigenvalue weighted by Crippen LogP contribution is -2.46. The highest BCUT2D eigenvalue weighted by Gasteiger charge is 2.27. The molecule has 4 N–H and O–H groups in total. The van der Waals surface area contributed by atoms with Crippen molar-refractivity contribution in [3.8, 4) is 0 Å². The largest absolute Gasteiger partial charge is 0.488 e. The minimum atomic E-state index is -1.84. The summed E-state index contributed by atoms with van der Waals surface area (Å²) in [5.74, 6) is -0.779. The van der Waals surface area contributed by atoms with Crippen LogP contribution in [-0.2, 0) is 0 Å². The van der Waals surface area contributed by atoms with Gasteiger partial charge in [0, 0.05) is 6.07 Å². The van der Waals surface area contributed by atoms with E-state index in [1.54, 1.807) is 13.8 Å². The van der Waals surface area contributed by atoms with E-state index in [1.807, 2.05) is 0 Å². The van der Waals surface area contributed by atoms with Gasteiger partial charge < -0.3 is 20.5 Å². The summed E-state index contributed by atoms with van der Waals surface area (Å²) in [5.41, 5.74) is -1.76. The van der Waals surface area contributed by atoms with Crippen molar-refractivity contribution in [2.24, 2.45) is 0 Å². The van der Waals surface area contributed by atoms with E-state index < -0.39 is 29.2 Å². The number of benzene rings is 1. The predicted molar refractivity (Wildman–Crippen MR) is 71.6 cm³/mol. The zero-order chi connectivity index (χ0) is 15.5. The van der Waals surface area contributed by atoms with Crippen LogP contribution < -0.4 is 10.8 Å². The molecule has 0 aromatic heterocycles. The van der Waals surface area contributed by atoms with Gasteiger partial charge in [-0.1, -0.05) is 6.07 Å². The lowest BCUT2D eigenvalue weighted by molar-refractivity contribution is -0.385. The van der Waals surface area contributed by atoms with Gasteiger partial charge in [-0.25, -0.2) is 0 Å². The van der Waals surface area contributed by atoms with Crippen molar-refractivity contribution in [3.05, 3.63) is 33.9 Å². The van der Waals surface area contributed by atoms with Crippen LogP contribution in [0, 0.1) is 10.1 Å². The number of nitrogens with one attached hydrogen (secondary N) is 1.